The van der Waals surface area contributed by atoms with Gasteiger partial charge in [-0.15, -0.1) is 0 Å². The maximum atomic E-state index is 12.8. The van der Waals surface area contributed by atoms with Crippen LogP contribution in [-0.4, -0.2) is 57.0 Å². The molecular formula is C18H21N5O2. The van der Waals surface area contributed by atoms with Crippen molar-refractivity contribution in [1.82, 2.24) is 24.9 Å². The molecule has 7 heteroatoms. The average Bonchev–Trinajstić information content (AvgIpc) is 3.26. The summed E-state index contributed by atoms with van der Waals surface area (Å²) in [6.45, 7) is 6.82. The van der Waals surface area contributed by atoms with E-state index in [0.717, 1.165) is 24.0 Å². The van der Waals surface area contributed by atoms with Gasteiger partial charge in [-0.2, -0.15) is 4.98 Å². The summed E-state index contributed by atoms with van der Waals surface area (Å²) in [6, 6.07) is 9.92. The van der Waals surface area contributed by atoms with Gasteiger partial charge in [0.1, 0.15) is 5.69 Å². The lowest BCUT2D eigenvalue weighted by atomic mass is 10.2. The van der Waals surface area contributed by atoms with Crippen molar-refractivity contribution < 1.29 is 9.32 Å². The number of nitrogens with zero attached hydrogens (tertiary/aromatic N) is 4. The van der Waals surface area contributed by atoms with E-state index in [0.29, 0.717) is 30.5 Å². The molecule has 130 valence electrons. The highest BCUT2D eigenvalue weighted by Crippen LogP contribution is 2.21. The third kappa shape index (κ3) is 3.02. The molecule has 0 aliphatic carbocycles. The second kappa shape index (κ2) is 6.33. The lowest BCUT2D eigenvalue weighted by molar-refractivity contribution is 0.0547. The van der Waals surface area contributed by atoms with Gasteiger partial charge in [-0.25, -0.2) is 0 Å². The molecule has 1 atom stereocenters. The number of hydrogen-bond donors (Lipinski definition) is 1. The molecule has 1 aliphatic rings. The topological polar surface area (TPSA) is 78.3 Å². The van der Waals surface area contributed by atoms with Gasteiger partial charge in [-0.3, -0.25) is 9.69 Å². The predicted molar refractivity (Wildman–Crippen MR) is 93.2 cm³/mol. The van der Waals surface area contributed by atoms with Gasteiger partial charge in [0, 0.05) is 37.1 Å². The minimum atomic E-state index is 0.0529. The largest absolute Gasteiger partial charge is 0.351 e. The molecule has 7 nitrogen and oxygen atoms in total. The number of benzene rings is 1. The number of aryl methyl sites for hydroxylation is 1. The monoisotopic (exact) mass is 339 g/mol. The normalized spacial score (nSPS) is 17.1. The third-order valence-electron chi connectivity index (χ3n) is 4.81. The number of aromatic nitrogens is 3. The number of aromatic amines is 1. The van der Waals surface area contributed by atoms with E-state index in [1.165, 1.54) is 0 Å². The summed E-state index contributed by atoms with van der Waals surface area (Å²) in [6.07, 6.45) is 0. The van der Waals surface area contributed by atoms with Crippen LogP contribution in [0.4, 0.5) is 0 Å². The van der Waals surface area contributed by atoms with Crippen molar-refractivity contribution in [3.8, 4) is 0 Å². The number of rotatable bonds is 3. The van der Waals surface area contributed by atoms with Gasteiger partial charge in [0.15, 0.2) is 5.82 Å². The molecule has 1 unspecified atom stereocenters. The number of amides is 1. The number of fused-ring (bicyclic) bond motifs is 1. The number of para-hydroxylation sites is 1. The zero-order valence-corrected chi connectivity index (χ0v) is 14.4. The lowest BCUT2D eigenvalue weighted by Crippen LogP contribution is -2.49. The van der Waals surface area contributed by atoms with Gasteiger partial charge in [0.2, 0.25) is 5.89 Å². The molecule has 1 fully saturated rings. The Balaban J connectivity index is 1.41. The van der Waals surface area contributed by atoms with Crippen molar-refractivity contribution in [1.29, 1.82) is 0 Å². The number of piperazine rings is 1. The molecule has 0 bridgehead atoms. The lowest BCUT2D eigenvalue weighted by Gasteiger charge is -2.36. The van der Waals surface area contributed by atoms with E-state index in [2.05, 4.69) is 26.9 Å². The standard InChI is InChI=1S/C18H21N5O2/c1-12(17-19-13(2)21-25-17)22-7-9-23(10-8-22)18(24)16-11-14-5-3-4-6-15(14)20-16/h3-6,11-12,20H,7-10H2,1-2H3. The quantitative estimate of drug-likeness (QED) is 0.793. The predicted octanol–water partition coefficient (Wildman–Crippen LogP) is 2.38. The molecule has 1 amide bonds. The van der Waals surface area contributed by atoms with Crippen LogP contribution in [0.5, 0.6) is 0 Å². The summed E-state index contributed by atoms with van der Waals surface area (Å²) >= 11 is 0. The Hall–Kier alpha value is -2.67. The Labute approximate surface area is 145 Å². The van der Waals surface area contributed by atoms with Gasteiger partial charge >= 0.3 is 0 Å². The molecule has 2 aromatic heterocycles. The highest BCUT2D eigenvalue weighted by molar-refractivity contribution is 5.98. The highest BCUT2D eigenvalue weighted by atomic mass is 16.5. The van der Waals surface area contributed by atoms with Crippen LogP contribution in [-0.2, 0) is 0 Å². The number of carbonyl (C=O) groups is 1. The van der Waals surface area contributed by atoms with E-state index in [1.807, 2.05) is 42.2 Å². The molecule has 1 aromatic carbocycles. The van der Waals surface area contributed by atoms with E-state index >= 15 is 0 Å². The first-order chi connectivity index (χ1) is 12.1. The second-order valence-corrected chi connectivity index (χ2v) is 6.45. The van der Waals surface area contributed by atoms with Crippen molar-refractivity contribution in [2.24, 2.45) is 0 Å². The van der Waals surface area contributed by atoms with Crippen LogP contribution >= 0.6 is 0 Å². The maximum Gasteiger partial charge on any atom is 0.270 e. The molecule has 3 aromatic rings. The van der Waals surface area contributed by atoms with Gasteiger partial charge in [-0.1, -0.05) is 23.4 Å². The summed E-state index contributed by atoms with van der Waals surface area (Å²) in [4.78, 5) is 24.4. The molecule has 4 rings (SSSR count). The van der Waals surface area contributed by atoms with Crippen molar-refractivity contribution >= 4 is 16.8 Å². The zero-order valence-electron chi connectivity index (χ0n) is 14.4. The summed E-state index contributed by atoms with van der Waals surface area (Å²) in [5.41, 5.74) is 1.64. The Kier molecular flexibility index (Phi) is 4.01. The van der Waals surface area contributed by atoms with E-state index in [1.54, 1.807) is 0 Å². The summed E-state index contributed by atoms with van der Waals surface area (Å²) in [5, 5.41) is 4.91. The van der Waals surface area contributed by atoms with Crippen molar-refractivity contribution in [2.75, 3.05) is 26.2 Å². The van der Waals surface area contributed by atoms with Crippen LogP contribution in [0.2, 0.25) is 0 Å². The Morgan fingerprint density at radius 2 is 2.00 bits per heavy atom. The van der Waals surface area contributed by atoms with Crippen molar-refractivity contribution in [3.63, 3.8) is 0 Å². The Morgan fingerprint density at radius 1 is 1.24 bits per heavy atom. The number of hydrogen-bond acceptors (Lipinski definition) is 5. The van der Waals surface area contributed by atoms with E-state index in [-0.39, 0.29) is 11.9 Å². The Morgan fingerprint density at radius 3 is 2.68 bits per heavy atom. The minimum Gasteiger partial charge on any atom is -0.351 e. The first-order valence-electron chi connectivity index (χ1n) is 8.53. The second-order valence-electron chi connectivity index (χ2n) is 6.45. The third-order valence-corrected chi connectivity index (χ3v) is 4.81. The Bertz CT molecular complexity index is 859. The summed E-state index contributed by atoms with van der Waals surface area (Å²) in [7, 11) is 0. The van der Waals surface area contributed by atoms with Crippen LogP contribution in [0.25, 0.3) is 10.9 Å². The van der Waals surface area contributed by atoms with Gasteiger partial charge < -0.3 is 14.4 Å². The summed E-state index contributed by atoms with van der Waals surface area (Å²) in [5.74, 6) is 1.33. The fourth-order valence-electron chi connectivity index (χ4n) is 3.31. The van der Waals surface area contributed by atoms with E-state index in [9.17, 15) is 4.79 Å². The van der Waals surface area contributed by atoms with E-state index in [4.69, 9.17) is 4.52 Å². The molecule has 1 saturated heterocycles. The van der Waals surface area contributed by atoms with Gasteiger partial charge in [0.25, 0.3) is 5.91 Å². The van der Waals surface area contributed by atoms with Crippen molar-refractivity contribution in [2.45, 2.75) is 19.9 Å². The molecule has 1 N–H and O–H groups in total. The first-order valence-corrected chi connectivity index (χ1v) is 8.53. The molecule has 25 heavy (non-hydrogen) atoms. The van der Waals surface area contributed by atoms with Crippen LogP contribution in [0, 0.1) is 6.92 Å². The average molecular weight is 339 g/mol. The number of H-pyrrole nitrogens is 1. The molecule has 0 spiro atoms. The smallest absolute Gasteiger partial charge is 0.270 e. The minimum absolute atomic E-state index is 0.0529. The molecule has 3 heterocycles. The number of carbonyl (C=O) groups excluding carboxylic acids is 1. The van der Waals surface area contributed by atoms with Crippen LogP contribution in [0.3, 0.4) is 0 Å². The fraction of sp³-hybridized carbons (Fsp3) is 0.389. The molecular weight excluding hydrogens is 318 g/mol. The first kappa shape index (κ1) is 15.8. The highest BCUT2D eigenvalue weighted by Gasteiger charge is 2.28. The zero-order chi connectivity index (χ0) is 17.4. The molecule has 0 saturated carbocycles. The molecule has 1 aliphatic heterocycles. The van der Waals surface area contributed by atoms with Crippen LogP contribution in [0.1, 0.15) is 35.2 Å². The van der Waals surface area contributed by atoms with E-state index < -0.39 is 0 Å². The van der Waals surface area contributed by atoms with Gasteiger partial charge in [-0.05, 0) is 26.0 Å². The van der Waals surface area contributed by atoms with Gasteiger partial charge in [0.05, 0.1) is 6.04 Å². The SMILES string of the molecule is Cc1noc(C(C)N2CCN(C(=O)c3cc4ccccc4[nH]3)CC2)n1. The fourth-order valence-corrected chi connectivity index (χ4v) is 3.31. The van der Waals surface area contributed by atoms with Crippen molar-refractivity contribution in [3.05, 3.63) is 47.7 Å². The summed E-state index contributed by atoms with van der Waals surface area (Å²) < 4.78 is 5.27. The maximum absolute atomic E-state index is 12.8. The van der Waals surface area contributed by atoms with Crippen LogP contribution < -0.4 is 0 Å². The number of nitrogens with one attached hydrogen (secondary N) is 1. The molecule has 0 radical (unpaired) electrons. The van der Waals surface area contributed by atoms with Crippen LogP contribution in [0.15, 0.2) is 34.9 Å².